The van der Waals surface area contributed by atoms with Crippen molar-refractivity contribution in [3.63, 3.8) is 0 Å². The van der Waals surface area contributed by atoms with E-state index < -0.39 is 5.97 Å². The van der Waals surface area contributed by atoms with Gasteiger partial charge in [-0.3, -0.25) is 0 Å². The van der Waals surface area contributed by atoms with Gasteiger partial charge >= 0.3 is 5.97 Å². The van der Waals surface area contributed by atoms with Gasteiger partial charge in [-0.05, 0) is 12.8 Å². The molecule has 0 saturated heterocycles. The molecule has 1 aliphatic heterocycles. The molecule has 3 heteroatoms. The molecule has 0 fully saturated rings. The summed E-state index contributed by atoms with van der Waals surface area (Å²) in [6.07, 6.45) is 8.78. The third-order valence-electron chi connectivity index (χ3n) is 2.67. The molecule has 1 rings (SSSR count). The summed E-state index contributed by atoms with van der Waals surface area (Å²) in [6, 6.07) is 0. The number of esters is 1. The zero-order valence-electron chi connectivity index (χ0n) is 9.37. The highest BCUT2D eigenvalue weighted by atomic mass is 16.6. The molecule has 1 unspecified atom stereocenters. The first-order valence-electron chi connectivity index (χ1n) is 5.85. The molecule has 1 N–H and O–H groups in total. The number of unbranched alkanes of at least 4 members (excludes halogenated alkanes) is 5. The van der Waals surface area contributed by atoms with E-state index in [4.69, 9.17) is 4.74 Å². The number of hydrogen-bond donors (Lipinski definition) is 1. The van der Waals surface area contributed by atoms with Gasteiger partial charge in [0.05, 0.1) is 6.08 Å². The summed E-state index contributed by atoms with van der Waals surface area (Å²) in [7, 11) is 0. The Morgan fingerprint density at radius 1 is 1.27 bits per heavy atom. The normalized spacial score (nSPS) is 20.2. The van der Waals surface area contributed by atoms with E-state index >= 15 is 0 Å². The second-order valence-corrected chi connectivity index (χ2v) is 4.05. The summed E-state index contributed by atoms with van der Waals surface area (Å²) in [4.78, 5) is 10.8. The Hall–Kier alpha value is -0.990. The van der Waals surface area contributed by atoms with E-state index in [0.717, 1.165) is 19.3 Å². The first-order valence-corrected chi connectivity index (χ1v) is 5.85. The molecular weight excluding hydrogens is 192 g/mol. The quantitative estimate of drug-likeness (QED) is 0.521. The minimum Gasteiger partial charge on any atom is -0.508 e. The molecule has 0 amide bonds. The Kier molecular flexibility index (Phi) is 5.22. The summed E-state index contributed by atoms with van der Waals surface area (Å²) in [5, 5.41) is 9.32. The maximum absolute atomic E-state index is 10.8. The standard InChI is InChI=1S/C12H20O3/c1-2-3-4-5-6-7-8-11-10(13)9-12(14)15-11/h9,11,13H,2-8H2,1H3. The summed E-state index contributed by atoms with van der Waals surface area (Å²) in [5.74, 6) is -0.322. The van der Waals surface area contributed by atoms with Crippen molar-refractivity contribution >= 4 is 5.97 Å². The van der Waals surface area contributed by atoms with Crippen molar-refractivity contribution in [2.75, 3.05) is 0 Å². The van der Waals surface area contributed by atoms with Crippen LogP contribution in [-0.2, 0) is 9.53 Å². The molecule has 0 saturated carbocycles. The second kappa shape index (κ2) is 6.49. The fourth-order valence-electron chi connectivity index (χ4n) is 1.77. The van der Waals surface area contributed by atoms with Gasteiger partial charge in [0.15, 0.2) is 6.10 Å². The van der Waals surface area contributed by atoms with E-state index in [1.165, 1.54) is 31.8 Å². The zero-order valence-corrected chi connectivity index (χ0v) is 9.37. The highest BCUT2D eigenvalue weighted by Crippen LogP contribution is 2.19. The molecule has 0 aromatic carbocycles. The molecule has 0 aliphatic carbocycles. The third-order valence-corrected chi connectivity index (χ3v) is 2.67. The minimum atomic E-state index is -0.413. The van der Waals surface area contributed by atoms with Crippen LogP contribution in [0.5, 0.6) is 0 Å². The van der Waals surface area contributed by atoms with Gasteiger partial charge in [-0.2, -0.15) is 0 Å². The van der Waals surface area contributed by atoms with Crippen LogP contribution in [0.1, 0.15) is 51.9 Å². The van der Waals surface area contributed by atoms with Crippen LogP contribution >= 0.6 is 0 Å². The fraction of sp³-hybridized carbons (Fsp3) is 0.750. The smallest absolute Gasteiger partial charge is 0.335 e. The summed E-state index contributed by atoms with van der Waals surface area (Å²) in [5.41, 5.74) is 0. The average Bonchev–Trinajstić information content (AvgIpc) is 2.51. The van der Waals surface area contributed by atoms with Crippen LogP contribution in [0.4, 0.5) is 0 Å². The van der Waals surface area contributed by atoms with Crippen LogP contribution in [0, 0.1) is 0 Å². The first-order chi connectivity index (χ1) is 7.24. The van der Waals surface area contributed by atoms with Gasteiger partial charge in [-0.25, -0.2) is 4.79 Å². The highest BCUT2D eigenvalue weighted by molar-refractivity contribution is 5.85. The lowest BCUT2D eigenvalue weighted by molar-refractivity contribution is -0.139. The number of hydrogen-bond acceptors (Lipinski definition) is 3. The second-order valence-electron chi connectivity index (χ2n) is 4.05. The van der Waals surface area contributed by atoms with E-state index in [-0.39, 0.29) is 11.9 Å². The molecule has 0 bridgehead atoms. The minimum absolute atomic E-state index is 0.0913. The first kappa shape index (κ1) is 12.1. The topological polar surface area (TPSA) is 46.5 Å². The van der Waals surface area contributed by atoms with Gasteiger partial charge in [0.2, 0.25) is 0 Å². The molecule has 0 radical (unpaired) electrons. The van der Waals surface area contributed by atoms with Crippen molar-refractivity contribution in [2.45, 2.75) is 58.0 Å². The van der Waals surface area contributed by atoms with E-state index in [1.54, 1.807) is 0 Å². The molecule has 3 nitrogen and oxygen atoms in total. The number of cyclic esters (lactones) is 1. The SMILES string of the molecule is CCCCCCCCC1OC(=O)C=C1O. The van der Waals surface area contributed by atoms with Gasteiger partial charge in [0.1, 0.15) is 5.76 Å². The Morgan fingerprint density at radius 3 is 2.53 bits per heavy atom. The Bertz CT molecular complexity index is 233. The van der Waals surface area contributed by atoms with Crippen molar-refractivity contribution in [1.82, 2.24) is 0 Å². The van der Waals surface area contributed by atoms with E-state index in [2.05, 4.69) is 6.92 Å². The Balaban J connectivity index is 2.01. The van der Waals surface area contributed by atoms with Crippen LogP contribution in [0.25, 0.3) is 0 Å². The number of carbonyl (C=O) groups is 1. The van der Waals surface area contributed by atoms with Gasteiger partial charge in [0, 0.05) is 0 Å². The number of aliphatic hydroxyl groups is 1. The van der Waals surface area contributed by atoms with Crippen molar-refractivity contribution in [2.24, 2.45) is 0 Å². The van der Waals surface area contributed by atoms with Crippen LogP contribution < -0.4 is 0 Å². The predicted molar refractivity (Wildman–Crippen MR) is 58.6 cm³/mol. The zero-order chi connectivity index (χ0) is 11.1. The largest absolute Gasteiger partial charge is 0.508 e. The van der Waals surface area contributed by atoms with Crippen molar-refractivity contribution in [1.29, 1.82) is 0 Å². The third kappa shape index (κ3) is 4.36. The maximum atomic E-state index is 10.8. The molecule has 1 heterocycles. The lowest BCUT2D eigenvalue weighted by Gasteiger charge is -2.09. The molecule has 0 aromatic heterocycles. The predicted octanol–water partition coefficient (Wildman–Crippen LogP) is 3.10. The number of aliphatic hydroxyl groups excluding tert-OH is 1. The van der Waals surface area contributed by atoms with Gasteiger partial charge in [-0.15, -0.1) is 0 Å². The van der Waals surface area contributed by atoms with Crippen LogP contribution in [0.15, 0.2) is 11.8 Å². The monoisotopic (exact) mass is 212 g/mol. The van der Waals surface area contributed by atoms with Crippen molar-refractivity contribution in [3.05, 3.63) is 11.8 Å². The number of rotatable bonds is 7. The van der Waals surface area contributed by atoms with Gasteiger partial charge < -0.3 is 9.84 Å². The molecule has 0 aromatic rings. The molecule has 15 heavy (non-hydrogen) atoms. The molecule has 1 atom stereocenters. The van der Waals surface area contributed by atoms with Crippen molar-refractivity contribution in [3.8, 4) is 0 Å². The number of ether oxygens (including phenoxy) is 1. The molecule has 86 valence electrons. The lowest BCUT2D eigenvalue weighted by atomic mass is 10.1. The molecule has 0 spiro atoms. The lowest BCUT2D eigenvalue weighted by Crippen LogP contribution is -2.11. The van der Waals surface area contributed by atoms with E-state index in [1.807, 2.05) is 0 Å². The summed E-state index contributed by atoms with van der Waals surface area (Å²) >= 11 is 0. The summed E-state index contributed by atoms with van der Waals surface area (Å²) in [6.45, 7) is 2.20. The average molecular weight is 212 g/mol. The Labute approximate surface area is 91.1 Å². The number of carbonyl (C=O) groups excluding carboxylic acids is 1. The molecule has 1 aliphatic rings. The van der Waals surface area contributed by atoms with Crippen LogP contribution in [0.3, 0.4) is 0 Å². The van der Waals surface area contributed by atoms with Gasteiger partial charge in [-0.1, -0.05) is 39.0 Å². The van der Waals surface area contributed by atoms with Crippen molar-refractivity contribution < 1.29 is 14.6 Å². The van der Waals surface area contributed by atoms with Crippen LogP contribution in [0.2, 0.25) is 0 Å². The van der Waals surface area contributed by atoms with Crippen LogP contribution in [-0.4, -0.2) is 17.2 Å². The van der Waals surface area contributed by atoms with Gasteiger partial charge in [0.25, 0.3) is 0 Å². The van der Waals surface area contributed by atoms with E-state index in [0.29, 0.717) is 0 Å². The Morgan fingerprint density at radius 2 is 1.93 bits per heavy atom. The van der Waals surface area contributed by atoms with E-state index in [9.17, 15) is 9.90 Å². The maximum Gasteiger partial charge on any atom is 0.335 e. The fourth-order valence-corrected chi connectivity index (χ4v) is 1.77. The highest BCUT2D eigenvalue weighted by Gasteiger charge is 2.24. The summed E-state index contributed by atoms with van der Waals surface area (Å²) < 4.78 is 4.92. The molecular formula is C12H20O3.